The molecule has 0 aliphatic carbocycles. The van der Waals surface area contributed by atoms with Gasteiger partial charge in [0.15, 0.2) is 5.78 Å². The largest absolute Gasteiger partial charge is 0.369 e. The first-order chi connectivity index (χ1) is 10.7. The van der Waals surface area contributed by atoms with Crippen LogP contribution in [0.15, 0.2) is 54.6 Å². The number of hydrogen-bond acceptors (Lipinski definition) is 2. The third kappa shape index (κ3) is 2.02. The molecule has 0 saturated carbocycles. The van der Waals surface area contributed by atoms with Gasteiger partial charge < -0.3 is 4.74 Å². The Labute approximate surface area is 127 Å². The van der Waals surface area contributed by atoms with Crippen molar-refractivity contribution in [3.8, 4) is 11.1 Å². The van der Waals surface area contributed by atoms with Crippen LogP contribution < -0.4 is 0 Å². The normalized spacial score (nSPS) is 14.1. The Morgan fingerprint density at radius 2 is 1.77 bits per heavy atom. The summed E-state index contributed by atoms with van der Waals surface area (Å²) in [4.78, 5) is 12.2. The van der Waals surface area contributed by atoms with Crippen LogP contribution in [0.3, 0.4) is 0 Å². The molecule has 3 aromatic carbocycles. The number of rotatable bonds is 1. The molecule has 0 amide bonds. The van der Waals surface area contributed by atoms with Gasteiger partial charge in [-0.15, -0.1) is 0 Å². The Hall–Kier alpha value is -2.52. The van der Waals surface area contributed by atoms with Crippen molar-refractivity contribution in [2.75, 3.05) is 6.61 Å². The van der Waals surface area contributed by atoms with Gasteiger partial charge in [-0.1, -0.05) is 36.4 Å². The molecule has 0 spiro atoms. The topological polar surface area (TPSA) is 26.3 Å². The van der Waals surface area contributed by atoms with E-state index in [0.717, 1.165) is 27.5 Å². The van der Waals surface area contributed by atoms with Gasteiger partial charge in [0.25, 0.3) is 0 Å². The van der Waals surface area contributed by atoms with Gasteiger partial charge in [0.2, 0.25) is 0 Å². The molecule has 3 aromatic rings. The van der Waals surface area contributed by atoms with Gasteiger partial charge in [-0.3, -0.25) is 4.79 Å². The van der Waals surface area contributed by atoms with E-state index in [2.05, 4.69) is 0 Å². The van der Waals surface area contributed by atoms with Crippen molar-refractivity contribution in [2.24, 2.45) is 0 Å². The predicted octanol–water partition coefficient (Wildman–Crippen LogP) is 4.36. The Bertz CT molecular complexity index is 885. The van der Waals surface area contributed by atoms with E-state index in [1.165, 1.54) is 12.1 Å². The van der Waals surface area contributed by atoms with Crippen molar-refractivity contribution in [1.82, 2.24) is 0 Å². The fourth-order valence-electron chi connectivity index (χ4n) is 3.07. The Kier molecular flexibility index (Phi) is 3.01. The quantitative estimate of drug-likeness (QED) is 0.666. The van der Waals surface area contributed by atoms with E-state index in [1.54, 1.807) is 6.07 Å². The van der Waals surface area contributed by atoms with Crippen LogP contribution in [0.4, 0.5) is 4.39 Å². The molecule has 0 bridgehead atoms. The molecule has 22 heavy (non-hydrogen) atoms. The molecule has 0 unspecified atom stereocenters. The number of hydrogen-bond donors (Lipinski definition) is 0. The zero-order valence-corrected chi connectivity index (χ0v) is 11.8. The molecule has 0 atom stereocenters. The first-order valence-electron chi connectivity index (χ1n) is 7.15. The van der Waals surface area contributed by atoms with Crippen LogP contribution in [-0.2, 0) is 11.3 Å². The molecule has 0 saturated heterocycles. The lowest BCUT2D eigenvalue weighted by Crippen LogP contribution is -2.19. The number of carbonyl (C=O) groups excluding carboxylic acids is 1. The SMILES string of the molecule is O=C1COCc2c1cc1ccc(F)cc1c2-c1ccccc1. The van der Waals surface area contributed by atoms with Gasteiger partial charge in [0.05, 0.1) is 6.61 Å². The van der Waals surface area contributed by atoms with E-state index in [9.17, 15) is 9.18 Å². The standard InChI is InChI=1S/C19H13FO2/c20-14-7-6-13-8-16-17(10-22-11-18(16)21)19(15(13)9-14)12-4-2-1-3-5-12/h1-9H,10-11H2. The van der Waals surface area contributed by atoms with E-state index >= 15 is 0 Å². The molecule has 108 valence electrons. The summed E-state index contributed by atoms with van der Waals surface area (Å²) in [6.07, 6.45) is 0. The Morgan fingerprint density at radius 3 is 2.59 bits per heavy atom. The third-order valence-electron chi connectivity index (χ3n) is 4.05. The zero-order chi connectivity index (χ0) is 15.1. The maximum absolute atomic E-state index is 13.7. The summed E-state index contributed by atoms with van der Waals surface area (Å²) in [5, 5.41) is 1.68. The van der Waals surface area contributed by atoms with Gasteiger partial charge in [0, 0.05) is 5.56 Å². The van der Waals surface area contributed by atoms with Crippen molar-refractivity contribution in [3.63, 3.8) is 0 Å². The van der Waals surface area contributed by atoms with Crippen LogP contribution in [0.25, 0.3) is 21.9 Å². The number of Topliss-reactive ketones (excluding diaryl/α,β-unsaturated/α-hetero) is 1. The minimum atomic E-state index is -0.285. The highest BCUT2D eigenvalue weighted by molar-refractivity contribution is 6.08. The first-order valence-corrected chi connectivity index (χ1v) is 7.15. The van der Waals surface area contributed by atoms with Gasteiger partial charge in [-0.05, 0) is 45.7 Å². The van der Waals surface area contributed by atoms with Crippen LogP contribution in [-0.4, -0.2) is 12.4 Å². The number of ketones is 1. The summed E-state index contributed by atoms with van der Waals surface area (Å²) < 4.78 is 19.1. The molecule has 3 heteroatoms. The van der Waals surface area contributed by atoms with Crippen molar-refractivity contribution < 1.29 is 13.9 Å². The second-order valence-corrected chi connectivity index (χ2v) is 5.43. The van der Waals surface area contributed by atoms with Crippen LogP contribution in [0.2, 0.25) is 0 Å². The molecule has 4 rings (SSSR count). The summed E-state index contributed by atoms with van der Waals surface area (Å²) in [5.41, 5.74) is 3.39. The summed E-state index contributed by atoms with van der Waals surface area (Å²) in [7, 11) is 0. The second kappa shape index (κ2) is 5.04. The predicted molar refractivity (Wildman–Crippen MR) is 83.3 cm³/mol. The zero-order valence-electron chi connectivity index (χ0n) is 11.8. The highest BCUT2D eigenvalue weighted by Gasteiger charge is 2.23. The van der Waals surface area contributed by atoms with Crippen molar-refractivity contribution >= 4 is 16.6 Å². The fourth-order valence-corrected chi connectivity index (χ4v) is 3.07. The molecule has 0 fully saturated rings. The van der Waals surface area contributed by atoms with Crippen molar-refractivity contribution in [1.29, 1.82) is 0 Å². The van der Waals surface area contributed by atoms with Crippen molar-refractivity contribution in [3.05, 3.63) is 71.5 Å². The monoisotopic (exact) mass is 292 g/mol. The first kappa shape index (κ1) is 13.2. The summed E-state index contributed by atoms with van der Waals surface area (Å²) >= 11 is 0. The van der Waals surface area contributed by atoms with Crippen LogP contribution in [0, 0.1) is 5.82 Å². The lowest BCUT2D eigenvalue weighted by atomic mass is 9.88. The van der Waals surface area contributed by atoms with Crippen molar-refractivity contribution in [2.45, 2.75) is 6.61 Å². The summed E-state index contributed by atoms with van der Waals surface area (Å²) in [6, 6.07) is 16.3. The average molecular weight is 292 g/mol. The molecule has 1 aliphatic heterocycles. The number of benzene rings is 3. The minimum Gasteiger partial charge on any atom is -0.369 e. The number of carbonyl (C=O) groups is 1. The second-order valence-electron chi connectivity index (χ2n) is 5.43. The van der Waals surface area contributed by atoms with Crippen LogP contribution >= 0.6 is 0 Å². The Morgan fingerprint density at radius 1 is 0.955 bits per heavy atom. The molecule has 0 aromatic heterocycles. The lowest BCUT2D eigenvalue weighted by Gasteiger charge is -2.21. The van der Waals surface area contributed by atoms with Gasteiger partial charge in [-0.2, -0.15) is 0 Å². The fraction of sp³-hybridized carbons (Fsp3) is 0.105. The average Bonchev–Trinajstić information content (AvgIpc) is 2.54. The molecule has 0 radical (unpaired) electrons. The maximum atomic E-state index is 13.7. The Balaban J connectivity index is 2.15. The highest BCUT2D eigenvalue weighted by Crippen LogP contribution is 2.37. The summed E-state index contributed by atoms with van der Waals surface area (Å²) in [5.74, 6) is -0.308. The van der Waals surface area contributed by atoms with Gasteiger partial charge in [0.1, 0.15) is 12.4 Å². The van der Waals surface area contributed by atoms with Gasteiger partial charge in [-0.25, -0.2) is 4.39 Å². The van der Waals surface area contributed by atoms with Gasteiger partial charge >= 0.3 is 0 Å². The van der Waals surface area contributed by atoms with E-state index < -0.39 is 0 Å². The van der Waals surface area contributed by atoms with E-state index in [0.29, 0.717) is 12.2 Å². The highest BCUT2D eigenvalue weighted by atomic mass is 19.1. The third-order valence-corrected chi connectivity index (χ3v) is 4.05. The lowest BCUT2D eigenvalue weighted by molar-refractivity contribution is 0.0667. The van der Waals surface area contributed by atoms with E-state index in [4.69, 9.17) is 4.74 Å². The molecule has 1 heterocycles. The minimum absolute atomic E-state index is 0.0235. The number of fused-ring (bicyclic) bond motifs is 2. The smallest absolute Gasteiger partial charge is 0.188 e. The number of ether oxygens (including phenoxy) is 1. The molecular formula is C19H13FO2. The van der Waals surface area contributed by atoms with E-state index in [-0.39, 0.29) is 18.2 Å². The van der Waals surface area contributed by atoms with Crippen LogP contribution in [0.1, 0.15) is 15.9 Å². The summed E-state index contributed by atoms with van der Waals surface area (Å²) in [6.45, 7) is 0.478. The maximum Gasteiger partial charge on any atom is 0.188 e. The molecular weight excluding hydrogens is 279 g/mol. The molecule has 2 nitrogen and oxygen atoms in total. The molecule has 0 N–H and O–H groups in total. The molecule has 1 aliphatic rings. The van der Waals surface area contributed by atoms with Crippen LogP contribution in [0.5, 0.6) is 0 Å². The number of halogens is 1. The van der Waals surface area contributed by atoms with E-state index in [1.807, 2.05) is 36.4 Å².